The number of hydrogen-bond acceptors (Lipinski definition) is 1. The minimum atomic E-state index is -0.410. The second-order valence-corrected chi connectivity index (χ2v) is 5.84. The summed E-state index contributed by atoms with van der Waals surface area (Å²) in [7, 11) is 0. The Bertz CT molecular complexity index is 658. The van der Waals surface area contributed by atoms with Crippen LogP contribution in [0.2, 0.25) is 25.1 Å². The summed E-state index contributed by atoms with van der Waals surface area (Å²) in [5.74, 6) is -0.410. The Kier molecular flexibility index (Phi) is 5.06. The molecule has 106 valence electrons. The van der Waals surface area contributed by atoms with E-state index in [0.29, 0.717) is 16.7 Å². The molecular weight excluding hydrogens is 366 g/mol. The summed E-state index contributed by atoms with van der Waals surface area (Å²) in [5, 5.41) is 0.540. The topological polar surface area (TPSA) is 26.0 Å². The van der Waals surface area contributed by atoms with Crippen molar-refractivity contribution in [1.82, 2.24) is 0 Å². The highest BCUT2D eigenvalue weighted by atomic mass is 35.5. The molecule has 1 nitrogen and oxygen atoms in total. The van der Waals surface area contributed by atoms with Crippen LogP contribution in [-0.4, -0.2) is 0 Å². The minimum Gasteiger partial charge on any atom is -0.326 e. The fourth-order valence-corrected chi connectivity index (χ4v) is 3.16. The molecule has 0 saturated heterocycles. The van der Waals surface area contributed by atoms with Crippen LogP contribution in [0.25, 0.3) is 11.1 Å². The van der Waals surface area contributed by atoms with Crippen molar-refractivity contribution in [2.24, 2.45) is 5.73 Å². The predicted octanol–water partition coefficient (Wildman–Crippen LogP) is 6.22. The first-order valence-corrected chi connectivity index (χ1v) is 7.27. The molecule has 0 saturated carbocycles. The van der Waals surface area contributed by atoms with E-state index in [1.165, 1.54) is 18.2 Å². The van der Waals surface area contributed by atoms with Crippen LogP contribution in [0, 0.1) is 5.82 Å². The quantitative estimate of drug-likeness (QED) is 0.491. The molecule has 2 rings (SSSR count). The van der Waals surface area contributed by atoms with Crippen molar-refractivity contribution >= 4 is 58.0 Å². The summed E-state index contributed by atoms with van der Waals surface area (Å²) < 4.78 is 13.3. The average Bonchev–Trinajstić information content (AvgIpc) is 2.44. The van der Waals surface area contributed by atoms with Crippen LogP contribution in [0.4, 0.5) is 4.39 Å². The van der Waals surface area contributed by atoms with Crippen molar-refractivity contribution < 1.29 is 4.39 Å². The zero-order valence-corrected chi connectivity index (χ0v) is 13.6. The van der Waals surface area contributed by atoms with Gasteiger partial charge in [-0.15, -0.1) is 0 Å². The molecule has 0 aliphatic rings. The van der Waals surface area contributed by atoms with E-state index in [4.69, 9.17) is 63.7 Å². The van der Waals surface area contributed by atoms with Gasteiger partial charge in [0.05, 0.1) is 25.1 Å². The van der Waals surface area contributed by atoms with Gasteiger partial charge in [-0.05, 0) is 23.3 Å². The first-order valence-electron chi connectivity index (χ1n) is 5.38. The highest BCUT2D eigenvalue weighted by Crippen LogP contribution is 2.48. The highest BCUT2D eigenvalue weighted by Gasteiger charge is 2.21. The summed E-state index contributed by atoms with van der Waals surface area (Å²) in [6, 6.07) is 4.10. The lowest BCUT2D eigenvalue weighted by molar-refractivity contribution is 0.625. The molecular formula is C13H7Cl5FN. The van der Waals surface area contributed by atoms with Crippen LogP contribution in [0.1, 0.15) is 5.56 Å². The molecule has 0 amide bonds. The van der Waals surface area contributed by atoms with E-state index in [0.717, 1.165) is 0 Å². The van der Waals surface area contributed by atoms with Crippen LogP contribution in [-0.2, 0) is 6.54 Å². The third-order valence-corrected chi connectivity index (χ3v) is 5.04. The molecule has 0 heterocycles. The molecule has 0 aliphatic carbocycles. The van der Waals surface area contributed by atoms with Gasteiger partial charge in [0.25, 0.3) is 0 Å². The van der Waals surface area contributed by atoms with Crippen LogP contribution in [0.5, 0.6) is 0 Å². The smallest absolute Gasteiger partial charge is 0.123 e. The van der Waals surface area contributed by atoms with Crippen molar-refractivity contribution in [3.63, 3.8) is 0 Å². The van der Waals surface area contributed by atoms with E-state index in [1.807, 2.05) is 0 Å². The molecule has 0 aromatic heterocycles. The van der Waals surface area contributed by atoms with Crippen molar-refractivity contribution in [1.29, 1.82) is 0 Å². The van der Waals surface area contributed by atoms with Gasteiger partial charge in [0, 0.05) is 12.1 Å². The number of benzene rings is 2. The van der Waals surface area contributed by atoms with E-state index in [-0.39, 0.29) is 31.7 Å². The molecule has 2 aromatic carbocycles. The van der Waals surface area contributed by atoms with Gasteiger partial charge >= 0.3 is 0 Å². The fraction of sp³-hybridized carbons (Fsp3) is 0.0769. The van der Waals surface area contributed by atoms with Crippen LogP contribution in [0.15, 0.2) is 18.2 Å². The largest absolute Gasteiger partial charge is 0.326 e. The maximum Gasteiger partial charge on any atom is 0.123 e. The van der Waals surface area contributed by atoms with Crippen molar-refractivity contribution in [2.45, 2.75) is 6.54 Å². The molecule has 0 spiro atoms. The zero-order chi connectivity index (χ0) is 15.0. The van der Waals surface area contributed by atoms with Gasteiger partial charge in [-0.2, -0.15) is 0 Å². The van der Waals surface area contributed by atoms with Crippen LogP contribution in [0.3, 0.4) is 0 Å². The van der Waals surface area contributed by atoms with Crippen LogP contribution >= 0.6 is 58.0 Å². The van der Waals surface area contributed by atoms with Gasteiger partial charge in [0.1, 0.15) is 5.82 Å². The molecule has 0 unspecified atom stereocenters. The summed E-state index contributed by atoms with van der Waals surface area (Å²) in [6.45, 7) is 0.109. The van der Waals surface area contributed by atoms with E-state index < -0.39 is 5.82 Å². The third-order valence-electron chi connectivity index (χ3n) is 2.77. The number of rotatable bonds is 2. The summed E-state index contributed by atoms with van der Waals surface area (Å²) in [4.78, 5) is 0. The fourth-order valence-electron chi connectivity index (χ4n) is 1.82. The van der Waals surface area contributed by atoms with Gasteiger partial charge in [0.15, 0.2) is 0 Å². The SMILES string of the molecule is NCc1cc(F)ccc1-c1c(Cl)c(Cl)c(Cl)c(Cl)c1Cl. The molecule has 7 heteroatoms. The summed E-state index contributed by atoms with van der Waals surface area (Å²) >= 11 is 30.3. The first kappa shape index (κ1) is 16.2. The Labute approximate surface area is 140 Å². The predicted molar refractivity (Wildman–Crippen MR) is 84.8 cm³/mol. The molecule has 0 radical (unpaired) electrons. The maximum atomic E-state index is 13.3. The molecule has 0 atom stereocenters. The van der Waals surface area contributed by atoms with E-state index in [9.17, 15) is 4.39 Å². The second kappa shape index (κ2) is 6.27. The molecule has 0 fully saturated rings. The first-order chi connectivity index (χ1) is 9.38. The molecule has 0 aliphatic heterocycles. The number of halogens is 6. The Balaban J connectivity index is 2.83. The van der Waals surface area contributed by atoms with Crippen LogP contribution < -0.4 is 5.73 Å². The standard InChI is InChI=1S/C13H7Cl5FN/c14-9-8(10(15)12(17)13(18)11(9)16)7-2-1-6(19)3-5(7)4-20/h1-3H,4,20H2. The monoisotopic (exact) mass is 371 g/mol. The van der Waals surface area contributed by atoms with Crippen molar-refractivity contribution in [3.05, 3.63) is 54.7 Å². The highest BCUT2D eigenvalue weighted by molar-refractivity contribution is 6.56. The molecule has 0 bridgehead atoms. The van der Waals surface area contributed by atoms with Gasteiger partial charge in [0.2, 0.25) is 0 Å². The van der Waals surface area contributed by atoms with E-state index in [2.05, 4.69) is 0 Å². The van der Waals surface area contributed by atoms with E-state index >= 15 is 0 Å². The van der Waals surface area contributed by atoms with Gasteiger partial charge in [-0.1, -0.05) is 64.1 Å². The van der Waals surface area contributed by atoms with Crippen molar-refractivity contribution in [2.75, 3.05) is 0 Å². The van der Waals surface area contributed by atoms with Gasteiger partial charge < -0.3 is 5.73 Å². The third kappa shape index (κ3) is 2.74. The average molecular weight is 373 g/mol. The molecule has 2 aromatic rings. The normalized spacial score (nSPS) is 10.9. The lowest BCUT2D eigenvalue weighted by atomic mass is 9.99. The van der Waals surface area contributed by atoms with Gasteiger partial charge in [-0.3, -0.25) is 0 Å². The lowest BCUT2D eigenvalue weighted by Gasteiger charge is -2.15. The van der Waals surface area contributed by atoms with Crippen molar-refractivity contribution in [3.8, 4) is 11.1 Å². The molecule has 20 heavy (non-hydrogen) atoms. The van der Waals surface area contributed by atoms with Gasteiger partial charge in [-0.25, -0.2) is 4.39 Å². The Morgan fingerprint density at radius 1 is 0.850 bits per heavy atom. The summed E-state index contributed by atoms with van der Waals surface area (Å²) in [5.41, 5.74) is 7.09. The van der Waals surface area contributed by atoms with E-state index in [1.54, 1.807) is 0 Å². The second-order valence-electron chi connectivity index (χ2n) is 3.95. The molecule has 2 N–H and O–H groups in total. The number of hydrogen-bond donors (Lipinski definition) is 1. The Hall–Kier alpha value is -0.220. The Morgan fingerprint density at radius 3 is 1.85 bits per heavy atom. The minimum absolute atomic E-state index is 0.0727. The zero-order valence-electron chi connectivity index (χ0n) is 9.78. The number of nitrogens with two attached hydrogens (primary N) is 1. The lowest BCUT2D eigenvalue weighted by Crippen LogP contribution is -2.01. The maximum absolute atomic E-state index is 13.3. The summed E-state index contributed by atoms with van der Waals surface area (Å²) in [6.07, 6.45) is 0. The Morgan fingerprint density at radius 2 is 1.35 bits per heavy atom.